The molecule has 5 aliphatic rings. The van der Waals surface area contributed by atoms with Gasteiger partial charge < -0.3 is 15.6 Å². The molecule has 6 nitrogen and oxygen atoms in total. The Morgan fingerprint density at radius 1 is 0.811 bits per heavy atom. The summed E-state index contributed by atoms with van der Waals surface area (Å²) in [6, 6.07) is 13.8. The lowest BCUT2D eigenvalue weighted by molar-refractivity contribution is -0.140. The normalized spacial score (nSPS) is 28.9. The number of amides is 2. The van der Waals surface area contributed by atoms with E-state index in [1.807, 2.05) is 42.5 Å². The molecule has 5 fully saturated rings. The van der Waals surface area contributed by atoms with Crippen LogP contribution in [0.1, 0.15) is 70.6 Å². The summed E-state index contributed by atoms with van der Waals surface area (Å²) in [5.41, 5.74) is 4.25. The average molecular weight is 497 g/mol. The minimum atomic E-state index is -0.156. The number of nitrogens with one attached hydrogen (secondary N) is 3. The fourth-order valence-electron chi connectivity index (χ4n) is 8.20. The molecule has 6 heteroatoms. The molecule has 1 heterocycles. The minimum Gasteiger partial charge on any atom is -0.338 e. The van der Waals surface area contributed by atoms with Gasteiger partial charge in [0, 0.05) is 22.9 Å². The fraction of sp³-hybridized carbons (Fsp3) is 0.516. The van der Waals surface area contributed by atoms with Crippen LogP contribution < -0.4 is 10.6 Å². The highest BCUT2D eigenvalue weighted by Crippen LogP contribution is 2.60. The molecular weight excluding hydrogens is 460 g/mol. The van der Waals surface area contributed by atoms with Gasteiger partial charge in [-0.05, 0) is 112 Å². The van der Waals surface area contributed by atoms with Gasteiger partial charge in [-0.25, -0.2) is 4.98 Å². The molecule has 3 N–H and O–H groups in total. The Bertz CT molecular complexity index is 1300. The van der Waals surface area contributed by atoms with Gasteiger partial charge in [0.2, 0.25) is 11.8 Å². The molecule has 0 radical (unpaired) electrons. The van der Waals surface area contributed by atoms with Gasteiger partial charge in [0.25, 0.3) is 0 Å². The van der Waals surface area contributed by atoms with Crippen molar-refractivity contribution in [3.63, 3.8) is 0 Å². The van der Waals surface area contributed by atoms with Gasteiger partial charge in [-0.3, -0.25) is 9.59 Å². The summed E-state index contributed by atoms with van der Waals surface area (Å²) in [5.74, 6) is 3.53. The van der Waals surface area contributed by atoms with E-state index in [1.165, 1.54) is 25.7 Å². The topological polar surface area (TPSA) is 86.9 Å². The zero-order chi connectivity index (χ0) is 25.0. The Hall–Kier alpha value is -3.15. The lowest BCUT2D eigenvalue weighted by atomic mass is 9.49. The maximum atomic E-state index is 13.5. The molecule has 5 aliphatic carbocycles. The van der Waals surface area contributed by atoms with Crippen LogP contribution in [0.2, 0.25) is 0 Å². The lowest BCUT2D eigenvalue weighted by Crippen LogP contribution is -2.51. The Labute approximate surface area is 218 Å². The number of carbonyl (C=O) groups excluding carboxylic acids is 2. The van der Waals surface area contributed by atoms with Crippen molar-refractivity contribution in [1.29, 1.82) is 0 Å². The number of aromatic amines is 1. The molecule has 1 aromatic heterocycles. The van der Waals surface area contributed by atoms with Crippen molar-refractivity contribution in [2.75, 3.05) is 10.6 Å². The Balaban J connectivity index is 1.04. The zero-order valence-electron chi connectivity index (χ0n) is 21.4. The molecule has 0 aliphatic heterocycles. The maximum Gasteiger partial charge on any atom is 0.230 e. The summed E-state index contributed by atoms with van der Waals surface area (Å²) < 4.78 is 0. The number of hydrogen-bond donors (Lipinski definition) is 3. The Morgan fingerprint density at radius 2 is 1.46 bits per heavy atom. The van der Waals surface area contributed by atoms with E-state index in [0.717, 1.165) is 96.5 Å². The van der Waals surface area contributed by atoms with Crippen LogP contribution in [-0.2, 0) is 9.59 Å². The molecule has 3 aromatic rings. The van der Waals surface area contributed by atoms with E-state index in [1.54, 1.807) is 0 Å². The van der Waals surface area contributed by atoms with Crippen molar-refractivity contribution in [2.45, 2.75) is 70.6 Å². The molecule has 0 atom stereocenters. The SMILES string of the molecule is O=C(Nc1ccc(-c2nc3ccc(NC(=O)C45CC6CC(CC(C6)C4)C5)cc3[nH]2)cc1)C1CCCCC1. The lowest BCUT2D eigenvalue weighted by Gasteiger charge is -2.55. The van der Waals surface area contributed by atoms with E-state index >= 15 is 0 Å². The quantitative estimate of drug-likeness (QED) is 0.359. The Kier molecular flexibility index (Phi) is 5.60. The number of hydrogen-bond acceptors (Lipinski definition) is 3. The van der Waals surface area contributed by atoms with E-state index in [2.05, 4.69) is 15.6 Å². The number of rotatable bonds is 5. The first-order chi connectivity index (χ1) is 18.0. The number of carbonyl (C=O) groups is 2. The molecule has 0 spiro atoms. The van der Waals surface area contributed by atoms with Gasteiger partial charge in [-0.1, -0.05) is 19.3 Å². The van der Waals surface area contributed by atoms with Crippen LogP contribution in [-0.4, -0.2) is 21.8 Å². The summed E-state index contributed by atoms with van der Waals surface area (Å²) in [5, 5.41) is 6.35. The number of nitrogens with zero attached hydrogens (tertiary/aromatic N) is 1. The highest BCUT2D eigenvalue weighted by molar-refractivity contribution is 5.97. The monoisotopic (exact) mass is 496 g/mol. The number of aromatic nitrogens is 2. The zero-order valence-corrected chi connectivity index (χ0v) is 21.4. The molecule has 0 unspecified atom stereocenters. The van der Waals surface area contributed by atoms with Crippen LogP contribution in [0.15, 0.2) is 42.5 Å². The van der Waals surface area contributed by atoms with E-state index in [0.29, 0.717) is 0 Å². The van der Waals surface area contributed by atoms with Gasteiger partial charge in [-0.2, -0.15) is 0 Å². The number of anilines is 2. The molecule has 37 heavy (non-hydrogen) atoms. The van der Waals surface area contributed by atoms with E-state index in [9.17, 15) is 9.59 Å². The van der Waals surface area contributed by atoms with Gasteiger partial charge in [0.05, 0.1) is 16.4 Å². The van der Waals surface area contributed by atoms with E-state index < -0.39 is 0 Å². The first-order valence-electron chi connectivity index (χ1n) is 14.3. The van der Waals surface area contributed by atoms with Crippen molar-refractivity contribution in [3.8, 4) is 11.4 Å². The summed E-state index contributed by atoms with van der Waals surface area (Å²) >= 11 is 0. The molecule has 2 aromatic carbocycles. The van der Waals surface area contributed by atoms with E-state index in [4.69, 9.17) is 4.98 Å². The minimum absolute atomic E-state index is 0.138. The summed E-state index contributed by atoms with van der Waals surface area (Å²) in [7, 11) is 0. The molecule has 5 saturated carbocycles. The van der Waals surface area contributed by atoms with Crippen LogP contribution in [0, 0.1) is 29.1 Å². The number of imidazole rings is 1. The first-order valence-corrected chi connectivity index (χ1v) is 14.3. The first kappa shape index (κ1) is 23.0. The second-order valence-corrected chi connectivity index (χ2v) is 12.4. The smallest absolute Gasteiger partial charge is 0.230 e. The van der Waals surface area contributed by atoms with E-state index in [-0.39, 0.29) is 23.1 Å². The standard InChI is InChI=1S/C31H36N4O2/c36-29(23-4-2-1-3-5-23)32-24-8-6-22(7-9-24)28-34-26-11-10-25(15-27(26)35-28)33-30(37)31-16-19-12-20(17-31)14-21(13-19)18-31/h6-11,15,19-21,23H,1-5,12-14,16-18H2,(H,32,36)(H,33,37)(H,34,35). The second-order valence-electron chi connectivity index (χ2n) is 12.4. The van der Waals surface area contributed by atoms with Crippen LogP contribution in [0.3, 0.4) is 0 Å². The van der Waals surface area contributed by atoms with Crippen molar-refractivity contribution < 1.29 is 9.59 Å². The highest BCUT2D eigenvalue weighted by Gasteiger charge is 2.54. The molecular formula is C31H36N4O2. The third-order valence-corrected chi connectivity index (χ3v) is 9.66. The molecule has 192 valence electrons. The van der Waals surface area contributed by atoms with Crippen LogP contribution >= 0.6 is 0 Å². The number of fused-ring (bicyclic) bond motifs is 1. The fourth-order valence-corrected chi connectivity index (χ4v) is 8.20. The summed E-state index contributed by atoms with van der Waals surface area (Å²) in [6.07, 6.45) is 12.7. The molecule has 2 amide bonds. The number of H-pyrrole nitrogens is 1. The molecule has 8 rings (SSSR count). The maximum absolute atomic E-state index is 13.5. The van der Waals surface area contributed by atoms with Gasteiger partial charge in [0.15, 0.2) is 0 Å². The third-order valence-electron chi connectivity index (χ3n) is 9.66. The third kappa shape index (κ3) is 4.34. The van der Waals surface area contributed by atoms with Crippen LogP contribution in [0.25, 0.3) is 22.4 Å². The van der Waals surface area contributed by atoms with Gasteiger partial charge in [0.1, 0.15) is 5.82 Å². The van der Waals surface area contributed by atoms with Crippen LogP contribution in [0.4, 0.5) is 11.4 Å². The summed E-state index contributed by atoms with van der Waals surface area (Å²) in [6.45, 7) is 0. The van der Waals surface area contributed by atoms with Crippen LogP contribution in [0.5, 0.6) is 0 Å². The van der Waals surface area contributed by atoms with Gasteiger partial charge in [-0.15, -0.1) is 0 Å². The van der Waals surface area contributed by atoms with Crippen molar-refractivity contribution >= 4 is 34.2 Å². The predicted molar refractivity (Wildman–Crippen MR) is 146 cm³/mol. The van der Waals surface area contributed by atoms with Crippen molar-refractivity contribution in [3.05, 3.63) is 42.5 Å². The largest absolute Gasteiger partial charge is 0.338 e. The average Bonchev–Trinajstić information content (AvgIpc) is 3.32. The molecule has 0 saturated heterocycles. The van der Waals surface area contributed by atoms with Crippen molar-refractivity contribution in [2.24, 2.45) is 29.1 Å². The second kappa shape index (κ2) is 9.00. The van der Waals surface area contributed by atoms with Gasteiger partial charge >= 0.3 is 0 Å². The van der Waals surface area contributed by atoms with Crippen molar-refractivity contribution in [1.82, 2.24) is 9.97 Å². The summed E-state index contributed by atoms with van der Waals surface area (Å²) in [4.78, 5) is 34.2. The highest BCUT2D eigenvalue weighted by atomic mass is 16.2. The predicted octanol–water partition coefficient (Wildman–Crippen LogP) is 6.90. The number of benzene rings is 2. The Morgan fingerprint density at radius 3 is 2.14 bits per heavy atom. The molecule has 4 bridgehead atoms.